The van der Waals surface area contributed by atoms with Gasteiger partial charge in [-0.25, -0.2) is 0 Å². The first-order valence-corrected chi connectivity index (χ1v) is 5.05. The van der Waals surface area contributed by atoms with Crippen molar-refractivity contribution in [2.75, 3.05) is 0 Å². The number of nitrogens with two attached hydrogens (primary N) is 1. The van der Waals surface area contributed by atoms with Crippen LogP contribution in [-0.2, 0) is 0 Å². The van der Waals surface area contributed by atoms with Crippen molar-refractivity contribution in [1.82, 2.24) is 10.2 Å². The zero-order valence-electron chi connectivity index (χ0n) is 7.69. The van der Waals surface area contributed by atoms with Gasteiger partial charge in [-0.05, 0) is 25.3 Å². The molecule has 5 heteroatoms. The molecular weight excluding hydrogens is 202 g/mol. The summed E-state index contributed by atoms with van der Waals surface area (Å²) in [5, 5.41) is 7.88. The highest BCUT2D eigenvalue weighted by atomic mass is 35.5. The average molecular weight is 214 g/mol. The molecule has 1 saturated carbocycles. The van der Waals surface area contributed by atoms with Crippen LogP contribution in [0.5, 0.6) is 5.88 Å². The Balaban J connectivity index is 2.00. The minimum atomic E-state index is 0.0745. The quantitative estimate of drug-likeness (QED) is 0.807. The van der Waals surface area contributed by atoms with E-state index in [0.29, 0.717) is 11.0 Å². The zero-order chi connectivity index (χ0) is 9.97. The van der Waals surface area contributed by atoms with Crippen molar-refractivity contribution in [2.24, 2.45) is 5.73 Å². The Bertz CT molecular complexity index is 303. The molecule has 2 atom stereocenters. The van der Waals surface area contributed by atoms with Gasteiger partial charge in [0.1, 0.15) is 6.10 Å². The Kier molecular flexibility index (Phi) is 2.84. The van der Waals surface area contributed by atoms with Gasteiger partial charge in [0, 0.05) is 12.1 Å². The largest absolute Gasteiger partial charge is 0.472 e. The van der Waals surface area contributed by atoms with Gasteiger partial charge in [0.05, 0.1) is 0 Å². The molecule has 0 aromatic carbocycles. The summed E-state index contributed by atoms with van der Waals surface area (Å²) in [4.78, 5) is 0. The van der Waals surface area contributed by atoms with E-state index >= 15 is 0 Å². The van der Waals surface area contributed by atoms with Crippen LogP contribution in [0.25, 0.3) is 0 Å². The van der Waals surface area contributed by atoms with Gasteiger partial charge in [-0.2, -0.15) is 0 Å². The first-order chi connectivity index (χ1) is 6.75. The first kappa shape index (κ1) is 9.68. The third-order valence-electron chi connectivity index (χ3n) is 2.38. The molecular formula is C9H12ClN3O. The lowest BCUT2D eigenvalue weighted by Crippen LogP contribution is -2.33. The van der Waals surface area contributed by atoms with E-state index in [0.717, 1.165) is 19.3 Å². The van der Waals surface area contributed by atoms with E-state index in [9.17, 15) is 0 Å². The maximum atomic E-state index is 5.86. The van der Waals surface area contributed by atoms with Crippen LogP contribution < -0.4 is 10.5 Å². The number of ether oxygens (including phenoxy) is 1. The van der Waals surface area contributed by atoms with Crippen molar-refractivity contribution >= 4 is 11.6 Å². The third kappa shape index (κ3) is 2.13. The van der Waals surface area contributed by atoms with Gasteiger partial charge in [0.15, 0.2) is 5.15 Å². The fourth-order valence-electron chi connectivity index (χ4n) is 1.62. The molecule has 0 spiro atoms. The molecule has 2 unspecified atom stereocenters. The van der Waals surface area contributed by atoms with E-state index in [-0.39, 0.29) is 12.1 Å². The molecule has 2 rings (SSSR count). The molecule has 0 bridgehead atoms. The number of hydrogen-bond acceptors (Lipinski definition) is 4. The Hall–Kier alpha value is -0.870. The lowest BCUT2D eigenvalue weighted by Gasteiger charge is -2.16. The molecule has 1 aromatic heterocycles. The van der Waals surface area contributed by atoms with E-state index in [4.69, 9.17) is 22.1 Å². The third-order valence-corrected chi connectivity index (χ3v) is 2.58. The number of aromatic nitrogens is 2. The van der Waals surface area contributed by atoms with Crippen molar-refractivity contribution in [1.29, 1.82) is 0 Å². The Labute approximate surface area is 87.4 Å². The molecule has 14 heavy (non-hydrogen) atoms. The van der Waals surface area contributed by atoms with Crippen molar-refractivity contribution < 1.29 is 4.74 Å². The summed E-state index contributed by atoms with van der Waals surface area (Å²) >= 11 is 5.60. The van der Waals surface area contributed by atoms with E-state index in [1.54, 1.807) is 12.1 Å². The molecule has 0 saturated heterocycles. The van der Waals surface area contributed by atoms with Crippen molar-refractivity contribution in [3.05, 3.63) is 17.3 Å². The monoisotopic (exact) mass is 213 g/mol. The van der Waals surface area contributed by atoms with Crippen molar-refractivity contribution in [3.8, 4) is 5.88 Å². The van der Waals surface area contributed by atoms with E-state index in [2.05, 4.69) is 10.2 Å². The summed E-state index contributed by atoms with van der Waals surface area (Å²) in [5.74, 6) is 0.497. The Morgan fingerprint density at radius 1 is 1.36 bits per heavy atom. The highest BCUT2D eigenvalue weighted by Gasteiger charge is 2.25. The molecule has 1 aromatic rings. The topological polar surface area (TPSA) is 61.0 Å². The SMILES string of the molecule is NC1CCCC1Oc1ccc(Cl)nn1. The van der Waals surface area contributed by atoms with Gasteiger partial charge in [-0.1, -0.05) is 11.6 Å². The molecule has 1 aliphatic rings. The molecule has 1 fully saturated rings. The minimum absolute atomic E-state index is 0.0745. The van der Waals surface area contributed by atoms with Crippen LogP contribution in [0.3, 0.4) is 0 Å². The fourth-order valence-corrected chi connectivity index (χ4v) is 1.72. The lowest BCUT2D eigenvalue weighted by molar-refractivity contribution is 0.182. The van der Waals surface area contributed by atoms with Gasteiger partial charge >= 0.3 is 0 Å². The Morgan fingerprint density at radius 2 is 2.21 bits per heavy atom. The lowest BCUT2D eigenvalue weighted by atomic mass is 10.2. The number of halogens is 1. The summed E-state index contributed by atoms with van der Waals surface area (Å²) in [6, 6.07) is 3.48. The molecule has 0 aliphatic heterocycles. The van der Waals surface area contributed by atoms with E-state index in [1.807, 2.05) is 0 Å². The van der Waals surface area contributed by atoms with Gasteiger partial charge in [0.2, 0.25) is 5.88 Å². The second-order valence-corrected chi connectivity index (χ2v) is 3.83. The van der Waals surface area contributed by atoms with E-state index in [1.165, 1.54) is 0 Å². The molecule has 0 amide bonds. The molecule has 2 N–H and O–H groups in total. The normalized spacial score (nSPS) is 26.4. The number of hydrogen-bond donors (Lipinski definition) is 1. The average Bonchev–Trinajstić information content (AvgIpc) is 2.56. The summed E-state index contributed by atoms with van der Waals surface area (Å²) in [5.41, 5.74) is 5.86. The molecule has 4 nitrogen and oxygen atoms in total. The molecule has 0 radical (unpaired) electrons. The molecule has 1 heterocycles. The van der Waals surface area contributed by atoms with Crippen molar-refractivity contribution in [3.63, 3.8) is 0 Å². The second-order valence-electron chi connectivity index (χ2n) is 3.45. The van der Waals surface area contributed by atoms with Crippen LogP contribution in [-0.4, -0.2) is 22.3 Å². The first-order valence-electron chi connectivity index (χ1n) is 4.67. The van der Waals surface area contributed by atoms with Gasteiger partial charge in [0.25, 0.3) is 0 Å². The Morgan fingerprint density at radius 3 is 2.79 bits per heavy atom. The van der Waals surface area contributed by atoms with Crippen LogP contribution in [0.2, 0.25) is 5.15 Å². The van der Waals surface area contributed by atoms with Crippen LogP contribution in [0.4, 0.5) is 0 Å². The summed E-state index contributed by atoms with van der Waals surface area (Å²) in [6.07, 6.45) is 3.20. The smallest absolute Gasteiger partial charge is 0.233 e. The van der Waals surface area contributed by atoms with Crippen LogP contribution >= 0.6 is 11.6 Å². The summed E-state index contributed by atoms with van der Waals surface area (Å²) in [6.45, 7) is 0. The van der Waals surface area contributed by atoms with Crippen LogP contribution in [0, 0.1) is 0 Å². The fraction of sp³-hybridized carbons (Fsp3) is 0.556. The summed E-state index contributed by atoms with van der Waals surface area (Å²) < 4.78 is 5.59. The van der Waals surface area contributed by atoms with Gasteiger partial charge in [-0.3, -0.25) is 0 Å². The standard InChI is InChI=1S/C9H12ClN3O/c10-8-4-5-9(13-12-8)14-7-3-1-2-6(7)11/h4-7H,1-3,11H2. The zero-order valence-corrected chi connectivity index (χ0v) is 8.44. The molecule has 1 aliphatic carbocycles. The maximum absolute atomic E-state index is 5.86. The number of nitrogens with zero attached hydrogens (tertiary/aromatic N) is 2. The number of rotatable bonds is 2. The summed E-state index contributed by atoms with van der Waals surface area (Å²) in [7, 11) is 0. The second kappa shape index (κ2) is 4.11. The predicted octanol–water partition coefficient (Wildman–Crippen LogP) is 1.39. The predicted molar refractivity (Wildman–Crippen MR) is 53.3 cm³/mol. The maximum Gasteiger partial charge on any atom is 0.233 e. The van der Waals surface area contributed by atoms with Gasteiger partial charge in [-0.15, -0.1) is 10.2 Å². The van der Waals surface area contributed by atoms with Crippen molar-refractivity contribution in [2.45, 2.75) is 31.4 Å². The highest BCUT2D eigenvalue weighted by molar-refractivity contribution is 6.29. The van der Waals surface area contributed by atoms with Crippen LogP contribution in [0.1, 0.15) is 19.3 Å². The minimum Gasteiger partial charge on any atom is -0.472 e. The highest BCUT2D eigenvalue weighted by Crippen LogP contribution is 2.22. The van der Waals surface area contributed by atoms with E-state index < -0.39 is 0 Å². The van der Waals surface area contributed by atoms with Gasteiger partial charge < -0.3 is 10.5 Å². The van der Waals surface area contributed by atoms with Crippen LogP contribution in [0.15, 0.2) is 12.1 Å². The molecule has 76 valence electrons.